The first-order chi connectivity index (χ1) is 9.03. The Balaban J connectivity index is 2.20. The van der Waals surface area contributed by atoms with E-state index in [0.717, 1.165) is 19.6 Å². The Hall–Kier alpha value is 0.530. The minimum absolute atomic E-state index is 0.181. The second-order valence-electron chi connectivity index (χ2n) is 5.59. The summed E-state index contributed by atoms with van der Waals surface area (Å²) in [6.07, 6.45) is 7.70. The molecular formula is C14H30NO2PS. The molecule has 0 aromatic rings. The Morgan fingerprint density at radius 2 is 1.89 bits per heavy atom. The first-order valence-electron chi connectivity index (χ1n) is 7.66. The lowest BCUT2D eigenvalue weighted by Gasteiger charge is -2.30. The molecule has 0 saturated carbocycles. The fraction of sp³-hybridized carbons (Fsp3) is 1.00. The van der Waals surface area contributed by atoms with Gasteiger partial charge in [0.05, 0.1) is 12.7 Å². The van der Waals surface area contributed by atoms with E-state index in [4.69, 9.17) is 20.9 Å². The van der Waals surface area contributed by atoms with E-state index in [1.165, 1.54) is 45.2 Å². The summed E-state index contributed by atoms with van der Waals surface area (Å²) in [4.78, 5) is 2.49. The maximum Gasteiger partial charge on any atom is 0.185 e. The van der Waals surface area contributed by atoms with Crippen LogP contribution in [0.4, 0.5) is 0 Å². The lowest BCUT2D eigenvalue weighted by atomic mass is 10.1. The van der Waals surface area contributed by atoms with E-state index in [1.54, 1.807) is 0 Å². The number of unbranched alkanes of at least 4 members (excludes halogenated alkanes) is 2. The van der Waals surface area contributed by atoms with Gasteiger partial charge in [-0.05, 0) is 51.1 Å². The predicted octanol–water partition coefficient (Wildman–Crippen LogP) is 4.02. The van der Waals surface area contributed by atoms with Gasteiger partial charge >= 0.3 is 0 Å². The smallest absolute Gasteiger partial charge is 0.185 e. The fourth-order valence-electron chi connectivity index (χ4n) is 2.48. The van der Waals surface area contributed by atoms with Crippen LogP contribution in [0.15, 0.2) is 0 Å². The molecule has 0 aliphatic carbocycles. The van der Waals surface area contributed by atoms with Crippen molar-refractivity contribution in [2.75, 3.05) is 32.9 Å². The lowest BCUT2D eigenvalue weighted by Crippen LogP contribution is -2.36. The first-order valence-corrected chi connectivity index (χ1v) is 10.7. The number of nitrogens with zero attached hydrogens (tertiary/aromatic N) is 1. The molecule has 0 aromatic carbocycles. The van der Waals surface area contributed by atoms with Crippen LogP contribution in [0.2, 0.25) is 0 Å². The molecule has 0 aromatic heterocycles. The standard InChI is InChI=1S/C14H30NO2PS/c1-4-5-9-12-16-18(3,19)17-14(2)13-15-10-7-6-8-11-15/h14H,4-13H2,1-3H3/t14-,18+/m1/s1. The van der Waals surface area contributed by atoms with Crippen LogP contribution in [0, 0.1) is 0 Å². The van der Waals surface area contributed by atoms with Crippen molar-refractivity contribution in [2.24, 2.45) is 0 Å². The summed E-state index contributed by atoms with van der Waals surface area (Å²) in [6, 6.07) is 0. The van der Waals surface area contributed by atoms with Crippen LogP contribution in [0.1, 0.15) is 52.4 Å². The second kappa shape index (κ2) is 9.46. The van der Waals surface area contributed by atoms with Gasteiger partial charge in [0, 0.05) is 13.2 Å². The normalized spacial score (nSPS) is 22.1. The number of likely N-dealkylation sites (tertiary alicyclic amines) is 1. The molecular weight excluding hydrogens is 277 g/mol. The van der Waals surface area contributed by atoms with E-state index in [9.17, 15) is 0 Å². The van der Waals surface area contributed by atoms with Gasteiger partial charge in [-0.1, -0.05) is 26.2 Å². The van der Waals surface area contributed by atoms with Gasteiger partial charge in [-0.3, -0.25) is 0 Å². The highest BCUT2D eigenvalue weighted by atomic mass is 32.5. The molecule has 2 atom stereocenters. The molecule has 1 heterocycles. The average molecular weight is 307 g/mol. The molecule has 1 rings (SSSR count). The van der Waals surface area contributed by atoms with Gasteiger partial charge in [-0.25, -0.2) is 0 Å². The maximum absolute atomic E-state index is 5.98. The highest BCUT2D eigenvalue weighted by Crippen LogP contribution is 2.45. The number of hydrogen-bond acceptors (Lipinski definition) is 4. The van der Waals surface area contributed by atoms with Crippen LogP contribution in [0.3, 0.4) is 0 Å². The van der Waals surface area contributed by atoms with Crippen LogP contribution >= 0.6 is 6.49 Å². The highest BCUT2D eigenvalue weighted by Gasteiger charge is 2.19. The van der Waals surface area contributed by atoms with Crippen molar-refractivity contribution in [1.29, 1.82) is 0 Å². The van der Waals surface area contributed by atoms with Crippen LogP contribution < -0.4 is 0 Å². The van der Waals surface area contributed by atoms with Gasteiger partial charge in [0.25, 0.3) is 0 Å². The zero-order valence-electron chi connectivity index (χ0n) is 12.8. The van der Waals surface area contributed by atoms with Crippen molar-refractivity contribution < 1.29 is 9.05 Å². The molecule has 114 valence electrons. The summed E-state index contributed by atoms with van der Waals surface area (Å²) in [5.41, 5.74) is 0. The van der Waals surface area contributed by atoms with Crippen molar-refractivity contribution in [3.05, 3.63) is 0 Å². The molecule has 0 radical (unpaired) electrons. The van der Waals surface area contributed by atoms with Gasteiger partial charge in [-0.15, -0.1) is 0 Å². The third kappa shape index (κ3) is 8.41. The highest BCUT2D eigenvalue weighted by molar-refractivity contribution is 8.09. The van der Waals surface area contributed by atoms with Crippen molar-refractivity contribution in [2.45, 2.75) is 58.5 Å². The summed E-state index contributed by atoms with van der Waals surface area (Å²) in [6.45, 7) is 8.37. The van der Waals surface area contributed by atoms with Crippen LogP contribution in [0.25, 0.3) is 0 Å². The molecule has 1 aliphatic heterocycles. The van der Waals surface area contributed by atoms with Crippen LogP contribution in [-0.2, 0) is 20.9 Å². The molecule has 5 heteroatoms. The third-order valence-electron chi connectivity index (χ3n) is 3.41. The molecule has 1 saturated heterocycles. The molecule has 0 bridgehead atoms. The Labute approximate surface area is 124 Å². The lowest BCUT2D eigenvalue weighted by molar-refractivity contribution is 0.123. The van der Waals surface area contributed by atoms with Crippen molar-refractivity contribution in [3.63, 3.8) is 0 Å². The minimum atomic E-state index is -2.05. The van der Waals surface area contributed by atoms with Gasteiger partial charge in [0.1, 0.15) is 0 Å². The Morgan fingerprint density at radius 3 is 2.53 bits per heavy atom. The average Bonchev–Trinajstić information content (AvgIpc) is 2.35. The van der Waals surface area contributed by atoms with Gasteiger partial charge < -0.3 is 13.9 Å². The topological polar surface area (TPSA) is 21.7 Å². The van der Waals surface area contributed by atoms with Crippen LogP contribution in [0.5, 0.6) is 0 Å². The fourth-order valence-corrected chi connectivity index (χ4v) is 4.39. The molecule has 3 nitrogen and oxygen atoms in total. The van der Waals surface area contributed by atoms with Crippen LogP contribution in [-0.4, -0.2) is 43.9 Å². The predicted molar refractivity (Wildman–Crippen MR) is 86.5 cm³/mol. The van der Waals surface area contributed by atoms with E-state index >= 15 is 0 Å². The van der Waals surface area contributed by atoms with Gasteiger partial charge in [0.2, 0.25) is 0 Å². The van der Waals surface area contributed by atoms with Gasteiger partial charge in [-0.2, -0.15) is 0 Å². The number of rotatable bonds is 9. The Bertz CT molecular complexity index is 283. The number of hydrogen-bond donors (Lipinski definition) is 0. The maximum atomic E-state index is 5.98. The quantitative estimate of drug-likeness (QED) is 0.474. The van der Waals surface area contributed by atoms with E-state index < -0.39 is 6.49 Å². The molecule has 0 unspecified atom stereocenters. The van der Waals surface area contributed by atoms with E-state index in [0.29, 0.717) is 0 Å². The van der Waals surface area contributed by atoms with E-state index in [1.807, 2.05) is 6.66 Å². The summed E-state index contributed by atoms with van der Waals surface area (Å²) in [5, 5.41) is 0. The molecule has 19 heavy (non-hydrogen) atoms. The summed E-state index contributed by atoms with van der Waals surface area (Å²) < 4.78 is 11.8. The minimum Gasteiger partial charge on any atom is -0.329 e. The van der Waals surface area contributed by atoms with E-state index in [-0.39, 0.29) is 6.10 Å². The van der Waals surface area contributed by atoms with Crippen molar-refractivity contribution in [3.8, 4) is 0 Å². The SMILES string of the molecule is CCCCCO[P@](C)(=S)O[C@H](C)CN1CCCCC1. The summed E-state index contributed by atoms with van der Waals surface area (Å²) in [7, 11) is 0. The zero-order chi connectivity index (χ0) is 14.1. The Kier molecular flexibility index (Phi) is 8.76. The zero-order valence-corrected chi connectivity index (χ0v) is 14.5. The van der Waals surface area contributed by atoms with Crippen molar-refractivity contribution >= 4 is 18.3 Å². The summed E-state index contributed by atoms with van der Waals surface area (Å²) in [5.74, 6) is 0. The summed E-state index contributed by atoms with van der Waals surface area (Å²) >= 11 is 5.49. The Morgan fingerprint density at radius 1 is 1.21 bits per heavy atom. The largest absolute Gasteiger partial charge is 0.329 e. The monoisotopic (exact) mass is 307 g/mol. The molecule has 0 amide bonds. The molecule has 0 N–H and O–H groups in total. The first kappa shape index (κ1) is 17.6. The second-order valence-corrected chi connectivity index (χ2v) is 9.59. The molecule has 0 spiro atoms. The van der Waals surface area contributed by atoms with Gasteiger partial charge in [0.15, 0.2) is 6.49 Å². The van der Waals surface area contributed by atoms with E-state index in [2.05, 4.69) is 18.7 Å². The van der Waals surface area contributed by atoms with Crippen molar-refractivity contribution in [1.82, 2.24) is 4.90 Å². The molecule has 1 fully saturated rings. The third-order valence-corrected chi connectivity index (χ3v) is 5.38. The number of piperidine rings is 1. The molecule has 1 aliphatic rings.